The Labute approximate surface area is 109 Å². The van der Waals surface area contributed by atoms with Gasteiger partial charge in [0.05, 0.1) is 0 Å². The fourth-order valence-electron chi connectivity index (χ4n) is 2.70. The monoisotopic (exact) mass is 249 g/mol. The predicted molar refractivity (Wildman–Crippen MR) is 72.4 cm³/mol. The lowest BCUT2D eigenvalue weighted by Gasteiger charge is -2.22. The topological polar surface area (TPSA) is 28.5 Å². The van der Waals surface area contributed by atoms with Gasteiger partial charge in [-0.2, -0.15) is 0 Å². The van der Waals surface area contributed by atoms with E-state index in [4.69, 9.17) is 0 Å². The minimum Gasteiger partial charge on any atom is -0.342 e. The molecule has 1 aromatic heterocycles. The lowest BCUT2D eigenvalue weighted by atomic mass is 10.1. The van der Waals surface area contributed by atoms with E-state index in [-0.39, 0.29) is 11.9 Å². The summed E-state index contributed by atoms with van der Waals surface area (Å²) in [6.45, 7) is 4.86. The van der Waals surface area contributed by atoms with Gasteiger partial charge in [-0.3, -0.25) is 4.79 Å². The van der Waals surface area contributed by atoms with Crippen LogP contribution >= 0.6 is 0 Å². The third-order valence-electron chi connectivity index (χ3n) is 3.65. The summed E-state index contributed by atoms with van der Waals surface area (Å²) < 4.78 is 1.97. The van der Waals surface area contributed by atoms with Crippen molar-refractivity contribution >= 4 is 5.91 Å². The first-order valence-corrected chi connectivity index (χ1v) is 6.64. The molecule has 0 aliphatic carbocycles. The average molecular weight is 249 g/mol. The van der Waals surface area contributed by atoms with E-state index >= 15 is 0 Å². The Morgan fingerprint density at radius 2 is 2.06 bits per heavy atom. The quantitative estimate of drug-likeness (QED) is 0.808. The molecule has 1 saturated heterocycles. The third-order valence-corrected chi connectivity index (χ3v) is 3.65. The summed E-state index contributed by atoms with van der Waals surface area (Å²) in [6.07, 6.45) is 5.04. The highest BCUT2D eigenvalue weighted by Gasteiger charge is 2.29. The van der Waals surface area contributed by atoms with E-state index in [1.807, 2.05) is 40.9 Å². The molecule has 4 heteroatoms. The van der Waals surface area contributed by atoms with Gasteiger partial charge >= 0.3 is 0 Å². The Balaban J connectivity index is 1.91. The largest absolute Gasteiger partial charge is 0.342 e. The zero-order valence-corrected chi connectivity index (χ0v) is 11.5. The van der Waals surface area contributed by atoms with E-state index in [0.717, 1.165) is 26.1 Å². The fourth-order valence-corrected chi connectivity index (χ4v) is 2.70. The molecule has 100 valence electrons. The third kappa shape index (κ3) is 2.93. The number of hydrogen-bond acceptors (Lipinski definition) is 2. The molecular weight excluding hydrogens is 226 g/mol. The van der Waals surface area contributed by atoms with Gasteiger partial charge in [-0.1, -0.05) is 0 Å². The van der Waals surface area contributed by atoms with Crippen LogP contribution in [0, 0.1) is 5.92 Å². The minimum absolute atomic E-state index is 0.0851. The smallest absolute Gasteiger partial charge is 0.245 e. The van der Waals surface area contributed by atoms with Crippen LogP contribution in [0.1, 0.15) is 19.4 Å². The maximum Gasteiger partial charge on any atom is 0.245 e. The molecule has 0 radical (unpaired) electrons. The number of hydrogen-bond donors (Lipinski definition) is 0. The highest BCUT2D eigenvalue weighted by molar-refractivity contribution is 5.80. The molecule has 2 rings (SSSR count). The van der Waals surface area contributed by atoms with Crippen LogP contribution in [0.25, 0.3) is 0 Å². The Morgan fingerprint density at radius 1 is 1.39 bits per heavy atom. The lowest BCUT2D eigenvalue weighted by Crippen LogP contribution is -2.35. The predicted octanol–water partition coefficient (Wildman–Crippen LogP) is 1.46. The Hall–Kier alpha value is -1.29. The van der Waals surface area contributed by atoms with Crippen molar-refractivity contribution in [1.82, 2.24) is 14.4 Å². The average Bonchev–Trinajstić information content (AvgIpc) is 2.96. The summed E-state index contributed by atoms with van der Waals surface area (Å²) in [7, 11) is 4.18. The van der Waals surface area contributed by atoms with Crippen molar-refractivity contribution in [3.63, 3.8) is 0 Å². The van der Waals surface area contributed by atoms with Crippen LogP contribution in [0.4, 0.5) is 0 Å². The number of aromatic nitrogens is 1. The van der Waals surface area contributed by atoms with Crippen LogP contribution < -0.4 is 0 Å². The zero-order valence-electron chi connectivity index (χ0n) is 11.5. The zero-order chi connectivity index (χ0) is 13.1. The Bertz CT molecular complexity index is 386. The maximum absolute atomic E-state index is 12.4. The second-order valence-electron chi connectivity index (χ2n) is 5.51. The number of nitrogens with zero attached hydrogens (tertiary/aromatic N) is 3. The molecule has 2 heterocycles. The molecule has 2 atom stereocenters. The molecule has 1 aliphatic rings. The molecule has 1 aliphatic heterocycles. The van der Waals surface area contributed by atoms with Crippen molar-refractivity contribution in [1.29, 1.82) is 0 Å². The molecule has 18 heavy (non-hydrogen) atoms. The molecule has 0 spiro atoms. The molecule has 4 nitrogen and oxygen atoms in total. The first kappa shape index (κ1) is 13.1. The summed E-state index contributed by atoms with van der Waals surface area (Å²) in [4.78, 5) is 16.6. The van der Waals surface area contributed by atoms with E-state index in [2.05, 4.69) is 19.0 Å². The van der Waals surface area contributed by atoms with Gasteiger partial charge in [0.15, 0.2) is 0 Å². The first-order valence-electron chi connectivity index (χ1n) is 6.64. The van der Waals surface area contributed by atoms with Gasteiger partial charge in [-0.15, -0.1) is 0 Å². The lowest BCUT2D eigenvalue weighted by molar-refractivity contribution is -0.133. The van der Waals surface area contributed by atoms with Gasteiger partial charge in [0, 0.05) is 32.0 Å². The van der Waals surface area contributed by atoms with Gasteiger partial charge in [0.1, 0.15) is 6.04 Å². The second-order valence-corrected chi connectivity index (χ2v) is 5.51. The number of rotatable bonds is 4. The van der Waals surface area contributed by atoms with Gasteiger partial charge in [-0.25, -0.2) is 0 Å². The fraction of sp³-hybridized carbons (Fsp3) is 0.643. The minimum atomic E-state index is -0.0851. The van der Waals surface area contributed by atoms with E-state index in [1.165, 1.54) is 0 Å². The molecule has 0 N–H and O–H groups in total. The summed E-state index contributed by atoms with van der Waals surface area (Å²) in [5, 5.41) is 0. The highest BCUT2D eigenvalue weighted by atomic mass is 16.2. The molecule has 0 bridgehead atoms. The summed E-state index contributed by atoms with van der Waals surface area (Å²) in [5.74, 6) is 0.869. The molecule has 0 unspecified atom stereocenters. The van der Waals surface area contributed by atoms with E-state index in [9.17, 15) is 4.79 Å². The van der Waals surface area contributed by atoms with Crippen molar-refractivity contribution in [2.45, 2.75) is 19.4 Å². The van der Waals surface area contributed by atoms with Crippen LogP contribution in [-0.4, -0.2) is 54.0 Å². The van der Waals surface area contributed by atoms with Crippen molar-refractivity contribution in [2.24, 2.45) is 5.92 Å². The molecule has 1 fully saturated rings. The van der Waals surface area contributed by atoms with Crippen molar-refractivity contribution in [3.8, 4) is 0 Å². The summed E-state index contributed by atoms with van der Waals surface area (Å²) >= 11 is 0. The highest BCUT2D eigenvalue weighted by Crippen LogP contribution is 2.20. The number of carbonyl (C=O) groups excluding carboxylic acids is 1. The molecule has 0 saturated carbocycles. The van der Waals surface area contributed by atoms with Crippen LogP contribution in [0.15, 0.2) is 24.5 Å². The SMILES string of the molecule is C[C@@H](C(=O)N1CC[C@@H](CN(C)C)C1)n1cccc1. The Morgan fingerprint density at radius 3 is 2.67 bits per heavy atom. The Kier molecular flexibility index (Phi) is 4.07. The molecule has 1 amide bonds. The summed E-state index contributed by atoms with van der Waals surface area (Å²) in [6, 6.07) is 3.84. The second kappa shape index (κ2) is 5.57. The number of amides is 1. The van der Waals surface area contributed by atoms with Gasteiger partial charge < -0.3 is 14.4 Å². The first-order chi connectivity index (χ1) is 8.58. The van der Waals surface area contributed by atoms with Crippen molar-refractivity contribution in [3.05, 3.63) is 24.5 Å². The van der Waals surface area contributed by atoms with E-state index < -0.39 is 0 Å². The number of likely N-dealkylation sites (tertiary alicyclic amines) is 1. The van der Waals surface area contributed by atoms with E-state index in [0.29, 0.717) is 5.92 Å². The van der Waals surface area contributed by atoms with Crippen molar-refractivity contribution < 1.29 is 4.79 Å². The van der Waals surface area contributed by atoms with Crippen LogP contribution in [0.2, 0.25) is 0 Å². The number of carbonyl (C=O) groups is 1. The summed E-state index contributed by atoms with van der Waals surface area (Å²) in [5.41, 5.74) is 0. The van der Waals surface area contributed by atoms with Gasteiger partial charge in [-0.05, 0) is 45.5 Å². The van der Waals surface area contributed by atoms with Crippen LogP contribution in [0.5, 0.6) is 0 Å². The molecule has 1 aromatic rings. The van der Waals surface area contributed by atoms with Gasteiger partial charge in [0.25, 0.3) is 0 Å². The molecule has 0 aromatic carbocycles. The van der Waals surface area contributed by atoms with Gasteiger partial charge in [0.2, 0.25) is 5.91 Å². The maximum atomic E-state index is 12.4. The normalized spacial score (nSPS) is 21.6. The van der Waals surface area contributed by atoms with E-state index in [1.54, 1.807) is 0 Å². The van der Waals surface area contributed by atoms with Crippen LogP contribution in [0.3, 0.4) is 0 Å². The van der Waals surface area contributed by atoms with Crippen LogP contribution in [-0.2, 0) is 4.79 Å². The molecular formula is C14H23N3O. The standard InChI is InChI=1S/C14H23N3O/c1-12(16-7-4-5-8-16)14(18)17-9-6-13(11-17)10-15(2)3/h4-5,7-8,12-13H,6,9-11H2,1-3H3/t12-,13-/m0/s1. The van der Waals surface area contributed by atoms with Crippen molar-refractivity contribution in [2.75, 3.05) is 33.7 Å².